The van der Waals surface area contributed by atoms with Crippen molar-refractivity contribution in [3.8, 4) is 0 Å². The average Bonchev–Trinajstić information content (AvgIpc) is 3.93. The first kappa shape index (κ1) is 59.9. The first-order valence-electron chi connectivity index (χ1n) is 24.4. The number of methoxy groups -OCH3 is 3. The summed E-state index contributed by atoms with van der Waals surface area (Å²) in [5.41, 5.74) is 7.71. The lowest BCUT2D eigenvalue weighted by Crippen LogP contribution is -2.51. The Labute approximate surface area is 437 Å². The lowest BCUT2D eigenvalue weighted by atomic mass is 9.53. The number of ketones is 1. The van der Waals surface area contributed by atoms with E-state index in [1.807, 2.05) is 0 Å². The monoisotopic (exact) mass is 1150 g/mol. The van der Waals surface area contributed by atoms with Crippen molar-refractivity contribution in [2.24, 2.45) is 49.4 Å². The van der Waals surface area contributed by atoms with Crippen LogP contribution in [-0.4, -0.2) is 94.6 Å². The van der Waals surface area contributed by atoms with Crippen LogP contribution < -0.4 is 11.5 Å². The number of carbonyl (C=O) groups is 7. The molecule has 0 aliphatic heterocycles. The third-order valence-corrected chi connectivity index (χ3v) is 20.5. The standard InChI is InChI=1S/C13H14F3NO2S.C11H17NO3.C11H17NO2S.C11H16O4.C3H2BrF3O/c14-13(15,16)8-7-20-9(17-8)11-1-4-12(5-2-11,6-3-11)10(18)19;1-15-9(14)11-5-2-10(3-6-11,4-7-11)8(12)13;1-14-9(13)11-5-2-10(3-6-11,4-7-11)8(12)15;1-15-9(14)11-5-2-10(3-6-11,4-7-11)8(12)13;4-1-2(8)3(5,6)7/h7H,1-6H2,(H,18,19);2-7H2,1H3,(H2,12,13);2-7H2,1H3,(H2,12,15);2-7H2,1H3,(H,12,13);1H2. The van der Waals surface area contributed by atoms with Crippen LogP contribution in [-0.2, 0) is 59.4 Å². The van der Waals surface area contributed by atoms with Crippen molar-refractivity contribution in [3.63, 3.8) is 0 Å². The van der Waals surface area contributed by atoms with E-state index in [1.54, 1.807) is 0 Å². The number of thiazole rings is 1. The van der Waals surface area contributed by atoms with Crippen LogP contribution in [0.5, 0.6) is 0 Å². The SMILES string of the molecule is COC(=O)C12CCC(C(=O)O)(CC1)CC2.COC(=O)C12CCC(C(N)=O)(CC1)CC2.COC(=O)C12CCC(C(N)=S)(CC1)CC2.O=C(CBr)C(F)(F)F.O=C(O)C12CCC(c3nc(C(F)(F)F)cs3)(CC1)CC2. The molecule has 24 heteroatoms. The minimum Gasteiger partial charge on any atom is -0.481 e. The number of aliphatic carboxylic acids is 2. The summed E-state index contributed by atoms with van der Waals surface area (Å²) < 4.78 is 85.7. The predicted octanol–water partition coefficient (Wildman–Crippen LogP) is 9.71. The Bertz CT molecular complexity index is 2040. The molecule has 12 aliphatic carbocycles. The molecule has 12 aliphatic rings. The molecule has 0 aromatic carbocycles. The van der Waals surface area contributed by atoms with Gasteiger partial charge >= 0.3 is 42.2 Å². The van der Waals surface area contributed by atoms with Crippen LogP contribution >= 0.6 is 39.5 Å². The number of primary amides is 1. The minimum absolute atomic E-state index is 0.0428. The van der Waals surface area contributed by atoms with Crippen LogP contribution in [0.25, 0.3) is 0 Å². The number of ether oxygens (including phenoxy) is 3. The van der Waals surface area contributed by atoms with Crippen molar-refractivity contribution in [2.45, 2.75) is 172 Å². The molecule has 0 saturated heterocycles. The summed E-state index contributed by atoms with van der Waals surface area (Å²) in [6, 6.07) is 0. The second-order valence-corrected chi connectivity index (χ2v) is 23.5. The van der Waals surface area contributed by atoms with Crippen LogP contribution in [0, 0.1) is 37.9 Å². The number of hydrogen-bond donors (Lipinski definition) is 4. The molecule has 1 amide bonds. The van der Waals surface area contributed by atoms with Crippen molar-refractivity contribution in [3.05, 3.63) is 16.1 Å². The summed E-state index contributed by atoms with van der Waals surface area (Å²) in [6.07, 6.45) is 8.35. The number of rotatable bonds is 9. The van der Waals surface area contributed by atoms with E-state index in [9.17, 15) is 70.1 Å². The highest BCUT2D eigenvalue weighted by atomic mass is 79.9. The summed E-state index contributed by atoms with van der Waals surface area (Å²) in [5.74, 6) is -3.71. The maximum absolute atomic E-state index is 12.6. The molecule has 1 heterocycles. The van der Waals surface area contributed by atoms with Crippen molar-refractivity contribution in [1.82, 2.24) is 4.98 Å². The van der Waals surface area contributed by atoms with Gasteiger partial charge in [-0.15, -0.1) is 11.3 Å². The van der Waals surface area contributed by atoms with Gasteiger partial charge in [0.1, 0.15) is 0 Å². The number of fused-ring (bicyclic) bond motifs is 12. The van der Waals surface area contributed by atoms with Gasteiger partial charge in [0.2, 0.25) is 11.7 Å². The van der Waals surface area contributed by atoms with Crippen LogP contribution in [0.15, 0.2) is 5.38 Å². The number of esters is 3. The molecule has 0 atom stereocenters. The number of halogens is 7. The van der Waals surface area contributed by atoms with Gasteiger partial charge in [0.25, 0.3) is 0 Å². The lowest BCUT2D eigenvalue weighted by molar-refractivity contribution is -0.172. The van der Waals surface area contributed by atoms with Crippen molar-refractivity contribution in [2.75, 3.05) is 26.7 Å². The fourth-order valence-corrected chi connectivity index (χ4v) is 14.5. The Balaban J connectivity index is 0.000000173. The first-order chi connectivity index (χ1) is 33.9. The molecule has 13 rings (SSSR count). The van der Waals surface area contributed by atoms with Gasteiger partial charge in [-0.1, -0.05) is 28.1 Å². The highest BCUT2D eigenvalue weighted by molar-refractivity contribution is 9.09. The van der Waals surface area contributed by atoms with E-state index < -0.39 is 51.9 Å². The highest BCUT2D eigenvalue weighted by Gasteiger charge is 2.59. The Morgan fingerprint density at radius 2 is 0.849 bits per heavy atom. The van der Waals surface area contributed by atoms with Crippen molar-refractivity contribution < 1.29 is 84.3 Å². The maximum atomic E-state index is 12.6. The normalized spacial score (nSPS) is 34.3. The quantitative estimate of drug-likeness (QED) is 0.0590. The molecular formula is C49H66BrF6N3O12S2. The Morgan fingerprint density at radius 3 is 1.07 bits per heavy atom. The first-order valence-corrected chi connectivity index (χ1v) is 26.8. The smallest absolute Gasteiger partial charge is 0.450 e. The summed E-state index contributed by atoms with van der Waals surface area (Å²) in [7, 11) is 4.31. The zero-order chi connectivity index (χ0) is 54.7. The fourth-order valence-electron chi connectivity index (χ4n) is 12.7. The number of nitrogens with two attached hydrogens (primary N) is 2. The van der Waals surface area contributed by atoms with Gasteiger partial charge in [-0.2, -0.15) is 26.3 Å². The number of hydrogen-bond acceptors (Lipinski definition) is 13. The van der Waals surface area contributed by atoms with Gasteiger partial charge in [0, 0.05) is 21.6 Å². The Hall–Kier alpha value is -3.93. The molecule has 0 unspecified atom stereocenters. The van der Waals surface area contributed by atoms with Gasteiger partial charge in [-0.25, -0.2) is 4.98 Å². The van der Waals surface area contributed by atoms with E-state index in [1.165, 1.54) is 21.3 Å². The fraction of sp³-hybridized carbons (Fsp3) is 0.776. The molecule has 6 N–H and O–H groups in total. The van der Waals surface area contributed by atoms with Crippen molar-refractivity contribution in [1.29, 1.82) is 0 Å². The summed E-state index contributed by atoms with van der Waals surface area (Å²) in [6.45, 7) is 0. The number of carbonyl (C=O) groups excluding carboxylic acids is 5. The molecule has 0 spiro atoms. The molecular weight excluding hydrogens is 1080 g/mol. The number of aromatic nitrogens is 1. The van der Waals surface area contributed by atoms with Gasteiger partial charge in [-0.3, -0.25) is 33.6 Å². The van der Waals surface area contributed by atoms with E-state index >= 15 is 0 Å². The van der Waals surface area contributed by atoms with Gasteiger partial charge in [0.05, 0.1) is 63.7 Å². The van der Waals surface area contributed by atoms with Crippen LogP contribution in [0.2, 0.25) is 0 Å². The lowest BCUT2D eigenvalue weighted by Gasteiger charge is -2.51. The molecule has 410 valence electrons. The number of Topliss-reactive ketones (excluding diaryl/α,β-unsaturated/α-hetero) is 1. The van der Waals surface area contributed by atoms with E-state index in [4.69, 9.17) is 37.9 Å². The number of carboxylic acids is 2. The molecule has 12 fully saturated rings. The third kappa shape index (κ3) is 12.0. The number of alkyl halides is 7. The zero-order valence-electron chi connectivity index (χ0n) is 41.3. The van der Waals surface area contributed by atoms with Crippen molar-refractivity contribution >= 4 is 86.0 Å². The Kier molecular flexibility index (Phi) is 18.3. The summed E-state index contributed by atoms with van der Waals surface area (Å²) in [4.78, 5) is 83.0. The van der Waals surface area contributed by atoms with E-state index in [0.29, 0.717) is 87.0 Å². The van der Waals surface area contributed by atoms with Crippen LogP contribution in [0.4, 0.5) is 26.3 Å². The van der Waals surface area contributed by atoms with E-state index in [2.05, 4.69) is 20.9 Å². The number of carboxylic acid groups (broad SMARTS) is 2. The highest BCUT2D eigenvalue weighted by Crippen LogP contribution is 2.61. The molecule has 73 heavy (non-hydrogen) atoms. The minimum atomic E-state index is -4.68. The summed E-state index contributed by atoms with van der Waals surface area (Å²) >= 11 is 8.58. The molecule has 1 aromatic heterocycles. The molecule has 0 radical (unpaired) electrons. The Morgan fingerprint density at radius 1 is 0.562 bits per heavy atom. The molecule has 8 bridgehead atoms. The third-order valence-electron chi connectivity index (χ3n) is 18.5. The van der Waals surface area contributed by atoms with Gasteiger partial charge in [0.15, 0.2) is 5.69 Å². The van der Waals surface area contributed by atoms with Crippen LogP contribution in [0.1, 0.15) is 165 Å². The molecule has 15 nitrogen and oxygen atoms in total. The predicted molar refractivity (Wildman–Crippen MR) is 259 cm³/mol. The van der Waals surface area contributed by atoms with E-state index in [-0.39, 0.29) is 56.3 Å². The second kappa shape index (κ2) is 22.3. The number of nitrogens with zero attached hydrogens (tertiary/aromatic N) is 1. The van der Waals surface area contributed by atoms with Gasteiger partial charge < -0.3 is 35.9 Å². The van der Waals surface area contributed by atoms with E-state index in [0.717, 1.165) is 93.8 Å². The molecule has 1 aromatic rings. The largest absolute Gasteiger partial charge is 0.481 e. The van der Waals surface area contributed by atoms with Crippen LogP contribution in [0.3, 0.4) is 0 Å². The average molecular weight is 1150 g/mol. The molecule has 12 saturated carbocycles. The number of amides is 1. The zero-order valence-corrected chi connectivity index (χ0v) is 44.5. The summed E-state index contributed by atoms with van der Waals surface area (Å²) in [5, 5.41) is 19.4. The van der Waals surface area contributed by atoms with Gasteiger partial charge in [-0.05, 0) is 154 Å². The topological polar surface area (TPSA) is 253 Å². The maximum Gasteiger partial charge on any atom is 0.450 e. The number of thiocarbonyl (C=S) groups is 1. The second-order valence-electron chi connectivity index (χ2n) is 21.6.